The van der Waals surface area contributed by atoms with E-state index in [2.05, 4.69) is 32.4 Å². The van der Waals surface area contributed by atoms with E-state index < -0.39 is 21.4 Å². The van der Waals surface area contributed by atoms with E-state index >= 15 is 0 Å². The molecular weight excluding hydrogens is 539 g/mol. The Labute approximate surface area is 197 Å². The van der Waals surface area contributed by atoms with Crippen LogP contribution in [0.4, 0.5) is 10.5 Å². The molecule has 1 atom stereocenters. The standard InChI is InChI=1S/C20H31IN2O7S/c1-6-28-18(24)8-7-9-29-17-11-15(10-16(12-17)22-27-4)13-31(5,26)23-19(25)30-20(2,3)14-21/h10-12,22H,6-9,13-14H2,1-5H3. The molecule has 0 saturated heterocycles. The third-order valence-electron chi connectivity index (χ3n) is 3.67. The Hall–Kier alpha value is -1.60. The van der Waals surface area contributed by atoms with Crippen molar-refractivity contribution in [2.24, 2.45) is 4.36 Å². The smallest absolute Gasteiger partial charge is 0.442 e. The van der Waals surface area contributed by atoms with Crippen LogP contribution in [-0.4, -0.2) is 52.9 Å². The van der Waals surface area contributed by atoms with Gasteiger partial charge in [-0.3, -0.25) is 15.1 Å². The van der Waals surface area contributed by atoms with Crippen LogP contribution in [0, 0.1) is 0 Å². The number of ether oxygens (including phenoxy) is 3. The summed E-state index contributed by atoms with van der Waals surface area (Å²) in [6.45, 7) is 5.93. The number of carbonyl (C=O) groups is 2. The van der Waals surface area contributed by atoms with Crippen molar-refractivity contribution >= 4 is 50.1 Å². The summed E-state index contributed by atoms with van der Waals surface area (Å²) in [7, 11) is -1.43. The Balaban J connectivity index is 2.90. The summed E-state index contributed by atoms with van der Waals surface area (Å²) in [5.41, 5.74) is 3.24. The Morgan fingerprint density at radius 3 is 2.58 bits per heavy atom. The predicted octanol–water partition coefficient (Wildman–Crippen LogP) is 4.33. The number of benzene rings is 1. The fourth-order valence-electron chi connectivity index (χ4n) is 2.43. The molecule has 9 nitrogen and oxygen atoms in total. The molecule has 0 radical (unpaired) electrons. The second-order valence-electron chi connectivity index (χ2n) is 7.39. The van der Waals surface area contributed by atoms with Gasteiger partial charge < -0.3 is 14.2 Å². The van der Waals surface area contributed by atoms with Gasteiger partial charge in [0.2, 0.25) is 0 Å². The maximum atomic E-state index is 12.9. The number of anilines is 1. The number of amides is 1. The Kier molecular flexibility index (Phi) is 11.6. The van der Waals surface area contributed by atoms with Gasteiger partial charge in [0.15, 0.2) is 0 Å². The summed E-state index contributed by atoms with van der Waals surface area (Å²) in [6, 6.07) is 5.15. The van der Waals surface area contributed by atoms with E-state index in [-0.39, 0.29) is 18.1 Å². The molecular formula is C20H31IN2O7S. The van der Waals surface area contributed by atoms with Gasteiger partial charge in [0.1, 0.15) is 11.4 Å². The minimum absolute atomic E-state index is 0.0190. The van der Waals surface area contributed by atoms with Crippen LogP contribution in [-0.2, 0) is 34.6 Å². The third kappa shape index (κ3) is 11.5. The van der Waals surface area contributed by atoms with Gasteiger partial charge in [0.25, 0.3) is 0 Å². The average molecular weight is 570 g/mol. The summed E-state index contributed by atoms with van der Waals surface area (Å²) < 4.78 is 33.1. The first-order valence-corrected chi connectivity index (χ1v) is 13.3. The number of hydrogen-bond donors (Lipinski definition) is 1. The Bertz CT molecular complexity index is 867. The van der Waals surface area contributed by atoms with E-state index in [1.165, 1.54) is 13.4 Å². The second kappa shape index (κ2) is 13.1. The quantitative estimate of drug-likeness (QED) is 0.130. The van der Waals surface area contributed by atoms with Crippen LogP contribution < -0.4 is 10.2 Å². The van der Waals surface area contributed by atoms with Crippen LogP contribution in [0.5, 0.6) is 5.75 Å². The zero-order chi connectivity index (χ0) is 23.5. The highest BCUT2D eigenvalue weighted by molar-refractivity contribution is 14.1. The lowest BCUT2D eigenvalue weighted by atomic mass is 10.2. The average Bonchev–Trinajstić information content (AvgIpc) is 2.64. The minimum Gasteiger partial charge on any atom is -0.493 e. The number of carbonyl (C=O) groups excluding carboxylic acids is 2. The molecule has 0 aliphatic heterocycles. The molecule has 1 N–H and O–H groups in total. The number of hydrogen-bond acceptors (Lipinski definition) is 8. The van der Waals surface area contributed by atoms with E-state index in [1.807, 2.05) is 0 Å². The monoisotopic (exact) mass is 570 g/mol. The molecule has 0 aliphatic rings. The van der Waals surface area contributed by atoms with E-state index in [1.54, 1.807) is 39.0 Å². The van der Waals surface area contributed by atoms with Gasteiger partial charge in [-0.05, 0) is 44.9 Å². The van der Waals surface area contributed by atoms with Crippen molar-refractivity contribution in [3.05, 3.63) is 23.8 Å². The first-order valence-electron chi connectivity index (χ1n) is 9.70. The van der Waals surface area contributed by atoms with E-state index in [4.69, 9.17) is 19.0 Å². The topological polar surface area (TPSA) is 113 Å². The molecule has 0 bridgehead atoms. The first kappa shape index (κ1) is 27.4. The van der Waals surface area contributed by atoms with Crippen LogP contribution in [0.15, 0.2) is 22.6 Å². The van der Waals surface area contributed by atoms with E-state index in [0.717, 1.165) is 0 Å². The maximum Gasteiger partial charge on any atom is 0.442 e. The van der Waals surface area contributed by atoms with Crippen LogP contribution in [0.3, 0.4) is 0 Å². The van der Waals surface area contributed by atoms with Gasteiger partial charge in [-0.15, -0.1) is 4.36 Å². The number of esters is 1. The second-order valence-corrected chi connectivity index (χ2v) is 10.5. The van der Waals surface area contributed by atoms with Crippen molar-refractivity contribution < 1.29 is 32.8 Å². The van der Waals surface area contributed by atoms with Gasteiger partial charge in [-0.2, -0.15) is 0 Å². The van der Waals surface area contributed by atoms with E-state index in [9.17, 15) is 13.8 Å². The molecule has 1 aromatic rings. The Morgan fingerprint density at radius 1 is 1.26 bits per heavy atom. The van der Waals surface area contributed by atoms with Gasteiger partial charge in [0, 0.05) is 23.2 Å². The molecule has 0 spiro atoms. The predicted molar refractivity (Wildman–Crippen MR) is 128 cm³/mol. The van der Waals surface area contributed by atoms with Gasteiger partial charge in [-0.1, -0.05) is 22.6 Å². The number of nitrogens with zero attached hydrogens (tertiary/aromatic N) is 1. The van der Waals surface area contributed by atoms with Crippen molar-refractivity contribution in [1.82, 2.24) is 0 Å². The lowest BCUT2D eigenvalue weighted by Crippen LogP contribution is -2.28. The molecule has 0 aromatic heterocycles. The fourth-order valence-corrected chi connectivity index (χ4v) is 3.78. The number of rotatable bonds is 12. The summed E-state index contributed by atoms with van der Waals surface area (Å²) in [6.07, 6.45) is 1.31. The van der Waals surface area contributed by atoms with Crippen LogP contribution in [0.1, 0.15) is 39.2 Å². The number of halogens is 1. The first-order chi connectivity index (χ1) is 14.5. The molecule has 11 heteroatoms. The molecule has 1 amide bonds. The van der Waals surface area contributed by atoms with Crippen LogP contribution in [0.2, 0.25) is 0 Å². The highest BCUT2D eigenvalue weighted by Gasteiger charge is 2.22. The van der Waals surface area contributed by atoms with Crippen molar-refractivity contribution in [1.29, 1.82) is 0 Å². The van der Waals surface area contributed by atoms with Gasteiger partial charge >= 0.3 is 12.1 Å². The van der Waals surface area contributed by atoms with Crippen LogP contribution in [0.25, 0.3) is 0 Å². The highest BCUT2D eigenvalue weighted by Crippen LogP contribution is 2.24. The summed E-state index contributed by atoms with van der Waals surface area (Å²) in [5, 5.41) is 0. The molecule has 0 heterocycles. The molecule has 31 heavy (non-hydrogen) atoms. The lowest BCUT2D eigenvalue weighted by molar-refractivity contribution is -0.143. The maximum absolute atomic E-state index is 12.9. The summed E-state index contributed by atoms with van der Waals surface area (Å²) in [4.78, 5) is 28.4. The van der Waals surface area contributed by atoms with Crippen molar-refractivity contribution in [3.8, 4) is 5.75 Å². The van der Waals surface area contributed by atoms with Crippen molar-refractivity contribution in [2.75, 3.05) is 36.5 Å². The molecule has 1 rings (SSSR count). The summed E-state index contributed by atoms with van der Waals surface area (Å²) >= 11 is 2.11. The normalized spacial score (nSPS) is 13.1. The SMILES string of the molecule is CCOC(=O)CCCOc1cc(CS(C)(=O)=NC(=O)OC(C)(C)CI)cc(NOC)c1. The third-order valence-corrected chi connectivity index (χ3v) is 6.91. The molecule has 0 saturated carbocycles. The highest BCUT2D eigenvalue weighted by atomic mass is 127. The summed E-state index contributed by atoms with van der Waals surface area (Å²) in [5.74, 6) is 0.252. The minimum atomic E-state index is -2.89. The number of nitrogens with one attached hydrogen (secondary N) is 1. The van der Waals surface area contributed by atoms with Crippen molar-refractivity contribution in [3.63, 3.8) is 0 Å². The van der Waals surface area contributed by atoms with E-state index in [0.29, 0.717) is 41.1 Å². The molecule has 0 fully saturated rings. The lowest BCUT2D eigenvalue weighted by Gasteiger charge is -2.20. The molecule has 0 aliphatic carbocycles. The fraction of sp³-hybridized carbons (Fsp3) is 0.600. The zero-order valence-electron chi connectivity index (χ0n) is 18.6. The molecule has 176 valence electrons. The van der Waals surface area contributed by atoms with Crippen molar-refractivity contribution in [2.45, 2.75) is 45.0 Å². The Morgan fingerprint density at radius 2 is 1.97 bits per heavy atom. The van der Waals surface area contributed by atoms with Gasteiger partial charge in [-0.25, -0.2) is 9.00 Å². The largest absolute Gasteiger partial charge is 0.493 e. The zero-order valence-corrected chi connectivity index (χ0v) is 21.5. The number of alkyl halides is 1. The van der Waals surface area contributed by atoms with Gasteiger partial charge in [0.05, 0.1) is 41.5 Å². The molecule has 1 unspecified atom stereocenters. The van der Waals surface area contributed by atoms with Crippen LogP contribution >= 0.6 is 22.6 Å². The molecule has 1 aromatic carbocycles.